The molecule has 0 aliphatic heterocycles. The van der Waals surface area contributed by atoms with E-state index < -0.39 is 0 Å². The lowest BCUT2D eigenvalue weighted by molar-refractivity contribution is 0.405. The third-order valence-electron chi connectivity index (χ3n) is 3.23. The van der Waals surface area contributed by atoms with Crippen LogP contribution in [0.25, 0.3) is 0 Å². The molecule has 0 unspecified atom stereocenters. The molecule has 1 heterocycles. The molecule has 0 bridgehead atoms. The molecule has 1 aromatic heterocycles. The van der Waals surface area contributed by atoms with E-state index in [4.69, 9.17) is 19.6 Å². The molecule has 2 rings (SSSR count). The molecule has 0 fully saturated rings. The van der Waals surface area contributed by atoms with Crippen LogP contribution in [0.4, 0.5) is 5.69 Å². The Kier molecular flexibility index (Phi) is 7.21. The van der Waals surface area contributed by atoms with Crippen molar-refractivity contribution in [3.63, 3.8) is 0 Å². The van der Waals surface area contributed by atoms with Crippen molar-refractivity contribution in [1.29, 1.82) is 0 Å². The van der Waals surface area contributed by atoms with Gasteiger partial charge in [-0.1, -0.05) is 0 Å². The highest BCUT2D eigenvalue weighted by atomic mass is 127. The summed E-state index contributed by atoms with van der Waals surface area (Å²) in [5, 5.41) is 3.02. The van der Waals surface area contributed by atoms with Crippen molar-refractivity contribution in [2.45, 2.75) is 20.4 Å². The van der Waals surface area contributed by atoms with Gasteiger partial charge in [-0.05, 0) is 32.0 Å². The number of benzene rings is 1. The minimum Gasteiger partial charge on any atom is -0.497 e. The van der Waals surface area contributed by atoms with Gasteiger partial charge in [-0.25, -0.2) is 4.99 Å². The summed E-state index contributed by atoms with van der Waals surface area (Å²) in [5.41, 5.74) is 7.65. The first kappa shape index (κ1) is 19.1. The molecule has 23 heavy (non-hydrogen) atoms. The lowest BCUT2D eigenvalue weighted by atomic mass is 10.2. The summed E-state index contributed by atoms with van der Waals surface area (Å²) in [6.45, 7) is 4.27. The Morgan fingerprint density at radius 3 is 2.52 bits per heavy atom. The van der Waals surface area contributed by atoms with E-state index in [2.05, 4.69) is 10.3 Å². The van der Waals surface area contributed by atoms with Gasteiger partial charge >= 0.3 is 0 Å². The Hall–Kier alpha value is -1.90. The van der Waals surface area contributed by atoms with Gasteiger partial charge in [0.05, 0.1) is 26.5 Å². The quantitative estimate of drug-likeness (QED) is 0.431. The number of hydrogen-bond acceptors (Lipinski definition) is 4. The molecular weight excluding hydrogens is 409 g/mol. The van der Waals surface area contributed by atoms with Crippen LogP contribution in [0.1, 0.15) is 17.1 Å². The zero-order chi connectivity index (χ0) is 16.1. The van der Waals surface area contributed by atoms with Gasteiger partial charge in [0.25, 0.3) is 0 Å². The SMILES string of the molecule is COc1ccc(OC)c(NC(N)=NCc2cc(C)oc2C)c1.I. The second-order valence-corrected chi connectivity index (χ2v) is 4.83. The Labute approximate surface area is 153 Å². The number of aryl methyl sites for hydroxylation is 2. The lowest BCUT2D eigenvalue weighted by Gasteiger charge is -2.12. The van der Waals surface area contributed by atoms with E-state index in [0.29, 0.717) is 29.7 Å². The van der Waals surface area contributed by atoms with E-state index in [1.165, 1.54) is 0 Å². The molecule has 0 saturated heterocycles. The standard InChI is InChI=1S/C16H21N3O3.HI/c1-10-7-12(11(2)22-10)9-18-16(17)19-14-8-13(20-3)5-6-15(14)21-4;/h5-8H,9H2,1-4H3,(H3,17,18,19);1H. The van der Waals surface area contributed by atoms with Gasteiger partial charge < -0.3 is 24.9 Å². The van der Waals surface area contributed by atoms with Crippen molar-refractivity contribution in [1.82, 2.24) is 0 Å². The highest BCUT2D eigenvalue weighted by molar-refractivity contribution is 14.0. The number of nitrogens with two attached hydrogens (primary N) is 1. The van der Waals surface area contributed by atoms with Gasteiger partial charge in [0.1, 0.15) is 23.0 Å². The topological polar surface area (TPSA) is 82.0 Å². The van der Waals surface area contributed by atoms with Crippen LogP contribution in [0.2, 0.25) is 0 Å². The van der Waals surface area contributed by atoms with E-state index in [1.54, 1.807) is 26.4 Å². The van der Waals surface area contributed by atoms with Crippen LogP contribution >= 0.6 is 24.0 Å². The summed E-state index contributed by atoms with van der Waals surface area (Å²) in [6.07, 6.45) is 0. The molecule has 126 valence electrons. The summed E-state index contributed by atoms with van der Waals surface area (Å²) in [7, 11) is 3.20. The minimum atomic E-state index is 0. The zero-order valence-electron chi connectivity index (χ0n) is 13.7. The third kappa shape index (κ3) is 5.05. The van der Waals surface area contributed by atoms with Crippen molar-refractivity contribution < 1.29 is 13.9 Å². The number of nitrogens with zero attached hydrogens (tertiary/aromatic N) is 1. The van der Waals surface area contributed by atoms with E-state index in [9.17, 15) is 0 Å². The summed E-state index contributed by atoms with van der Waals surface area (Å²) in [4.78, 5) is 4.32. The second kappa shape index (κ2) is 8.66. The predicted molar refractivity (Wildman–Crippen MR) is 102 cm³/mol. The Morgan fingerprint density at radius 2 is 1.96 bits per heavy atom. The molecule has 0 aliphatic carbocycles. The first-order valence-corrected chi connectivity index (χ1v) is 6.88. The Balaban J connectivity index is 0.00000264. The molecule has 0 atom stereocenters. The number of ether oxygens (including phenoxy) is 2. The van der Waals surface area contributed by atoms with E-state index in [1.807, 2.05) is 26.0 Å². The maximum absolute atomic E-state index is 5.94. The fraction of sp³-hybridized carbons (Fsp3) is 0.312. The maximum atomic E-state index is 5.94. The number of rotatable bonds is 5. The van der Waals surface area contributed by atoms with Crippen LogP contribution in [-0.2, 0) is 6.54 Å². The average molecular weight is 431 g/mol. The van der Waals surface area contributed by atoms with Crippen LogP contribution in [0.5, 0.6) is 11.5 Å². The normalized spacial score (nSPS) is 10.9. The van der Waals surface area contributed by atoms with Gasteiger partial charge in [-0.3, -0.25) is 0 Å². The van der Waals surface area contributed by atoms with Gasteiger partial charge in [0.15, 0.2) is 5.96 Å². The highest BCUT2D eigenvalue weighted by Gasteiger charge is 2.07. The summed E-state index contributed by atoms with van der Waals surface area (Å²) < 4.78 is 15.9. The van der Waals surface area contributed by atoms with Crippen LogP contribution in [-0.4, -0.2) is 20.2 Å². The van der Waals surface area contributed by atoms with Crippen LogP contribution in [0, 0.1) is 13.8 Å². The summed E-state index contributed by atoms with van der Waals surface area (Å²) in [6, 6.07) is 7.37. The molecule has 7 heteroatoms. The number of hydrogen-bond donors (Lipinski definition) is 2. The number of aliphatic imine (C=N–C) groups is 1. The van der Waals surface area contributed by atoms with Gasteiger partial charge in [0, 0.05) is 11.6 Å². The molecular formula is C16H22IN3O3. The van der Waals surface area contributed by atoms with E-state index in [0.717, 1.165) is 17.1 Å². The molecule has 0 amide bonds. The smallest absolute Gasteiger partial charge is 0.193 e. The van der Waals surface area contributed by atoms with Crippen molar-refractivity contribution in [3.8, 4) is 11.5 Å². The number of halogens is 1. The van der Waals surface area contributed by atoms with Crippen molar-refractivity contribution in [2.75, 3.05) is 19.5 Å². The van der Waals surface area contributed by atoms with Crippen LogP contribution < -0.4 is 20.5 Å². The van der Waals surface area contributed by atoms with Crippen molar-refractivity contribution in [3.05, 3.63) is 41.3 Å². The maximum Gasteiger partial charge on any atom is 0.193 e. The molecule has 0 saturated carbocycles. The highest BCUT2D eigenvalue weighted by Crippen LogP contribution is 2.28. The first-order chi connectivity index (χ1) is 10.5. The number of anilines is 1. The Bertz CT molecular complexity index is 683. The van der Waals surface area contributed by atoms with Crippen molar-refractivity contribution >= 4 is 35.6 Å². The number of furan rings is 1. The number of methoxy groups -OCH3 is 2. The largest absolute Gasteiger partial charge is 0.497 e. The van der Waals surface area contributed by atoms with E-state index >= 15 is 0 Å². The molecule has 1 aromatic carbocycles. The van der Waals surface area contributed by atoms with Crippen molar-refractivity contribution in [2.24, 2.45) is 10.7 Å². The fourth-order valence-electron chi connectivity index (χ4n) is 2.10. The van der Waals surface area contributed by atoms with E-state index in [-0.39, 0.29) is 24.0 Å². The minimum absolute atomic E-state index is 0. The Morgan fingerprint density at radius 1 is 1.22 bits per heavy atom. The molecule has 0 radical (unpaired) electrons. The molecule has 0 aliphatic rings. The summed E-state index contributed by atoms with van der Waals surface area (Å²) in [5.74, 6) is 3.38. The molecule has 0 spiro atoms. The lowest BCUT2D eigenvalue weighted by Crippen LogP contribution is -2.23. The van der Waals surface area contributed by atoms with Gasteiger partial charge in [-0.2, -0.15) is 0 Å². The van der Waals surface area contributed by atoms with Gasteiger partial charge in [-0.15, -0.1) is 24.0 Å². The summed E-state index contributed by atoms with van der Waals surface area (Å²) >= 11 is 0. The third-order valence-corrected chi connectivity index (χ3v) is 3.23. The molecule has 2 aromatic rings. The van der Waals surface area contributed by atoms with Crippen LogP contribution in [0.15, 0.2) is 33.7 Å². The number of guanidine groups is 1. The average Bonchev–Trinajstić information content (AvgIpc) is 2.83. The first-order valence-electron chi connectivity index (χ1n) is 6.88. The monoisotopic (exact) mass is 431 g/mol. The fourth-order valence-corrected chi connectivity index (χ4v) is 2.10. The second-order valence-electron chi connectivity index (χ2n) is 4.83. The molecule has 6 nitrogen and oxygen atoms in total. The van der Waals surface area contributed by atoms with Crippen LogP contribution in [0.3, 0.4) is 0 Å². The molecule has 3 N–H and O–H groups in total. The number of nitrogens with one attached hydrogen (secondary N) is 1. The van der Waals surface area contributed by atoms with Gasteiger partial charge in [0.2, 0.25) is 0 Å². The zero-order valence-corrected chi connectivity index (χ0v) is 16.0. The predicted octanol–water partition coefficient (Wildman–Crippen LogP) is 3.46.